The molecule has 2 aromatic carbocycles. The van der Waals surface area contributed by atoms with E-state index >= 15 is 0 Å². The monoisotopic (exact) mass is 312 g/mol. The molecule has 2 rings (SSSR count). The van der Waals surface area contributed by atoms with Crippen molar-refractivity contribution in [1.82, 2.24) is 0 Å². The van der Waals surface area contributed by atoms with Crippen molar-refractivity contribution in [3.05, 3.63) is 53.8 Å². The van der Waals surface area contributed by atoms with Crippen LogP contribution < -0.4 is 0 Å². The lowest BCUT2D eigenvalue weighted by molar-refractivity contribution is 0.277. The third-order valence-corrected chi connectivity index (χ3v) is 4.99. The lowest BCUT2D eigenvalue weighted by Crippen LogP contribution is -1.96. The summed E-state index contributed by atoms with van der Waals surface area (Å²) in [7, 11) is -3.24. The van der Waals surface area contributed by atoms with Crippen LogP contribution in [0.4, 0.5) is 4.39 Å². The molecule has 0 fully saturated rings. The Morgan fingerprint density at radius 2 is 1.80 bits per heavy atom. The van der Waals surface area contributed by atoms with Crippen LogP contribution in [-0.2, 0) is 16.4 Å². The van der Waals surface area contributed by atoms with Gasteiger partial charge >= 0.3 is 0 Å². The van der Waals surface area contributed by atoms with Gasteiger partial charge in [0.15, 0.2) is 9.84 Å². The third kappa shape index (κ3) is 3.39. The molecule has 0 aliphatic carbocycles. The highest BCUT2D eigenvalue weighted by Gasteiger charge is 2.11. The van der Waals surface area contributed by atoms with Crippen molar-refractivity contribution in [1.29, 1.82) is 0 Å². The van der Waals surface area contributed by atoms with Gasteiger partial charge in [-0.25, -0.2) is 12.8 Å². The second-order valence-corrected chi connectivity index (χ2v) is 7.33. The van der Waals surface area contributed by atoms with Gasteiger partial charge in [-0.3, -0.25) is 0 Å². The van der Waals surface area contributed by atoms with Gasteiger partial charge in [0, 0.05) is 11.2 Å². The molecule has 0 saturated carbocycles. The van der Waals surface area contributed by atoms with Gasteiger partial charge < -0.3 is 5.11 Å². The van der Waals surface area contributed by atoms with Crippen LogP contribution in [0.3, 0.4) is 0 Å². The van der Waals surface area contributed by atoms with Gasteiger partial charge in [0.25, 0.3) is 0 Å². The molecule has 0 bridgehead atoms. The maximum absolute atomic E-state index is 13.8. The minimum Gasteiger partial charge on any atom is -0.392 e. The van der Waals surface area contributed by atoms with E-state index in [1.807, 2.05) is 0 Å². The molecule has 0 radical (unpaired) electrons. The fraction of sp³-hybridized carbons (Fsp3) is 0.143. The van der Waals surface area contributed by atoms with Crippen LogP contribution in [0, 0.1) is 5.82 Å². The summed E-state index contributed by atoms with van der Waals surface area (Å²) in [6.07, 6.45) is 1.13. The molecular formula is C14H13FO3S2. The highest BCUT2D eigenvalue weighted by Crippen LogP contribution is 2.33. The van der Waals surface area contributed by atoms with E-state index in [0.717, 1.165) is 18.0 Å². The van der Waals surface area contributed by atoms with Gasteiger partial charge in [-0.2, -0.15) is 0 Å². The molecule has 0 unspecified atom stereocenters. The Labute approximate surface area is 121 Å². The normalized spacial score (nSPS) is 11.6. The zero-order valence-electron chi connectivity index (χ0n) is 10.7. The van der Waals surface area contributed by atoms with E-state index in [1.54, 1.807) is 18.2 Å². The standard InChI is InChI=1S/C14H13FO3S2/c1-20(17,18)12-7-5-11(6-8-12)19-14-10(9-16)3-2-4-13(14)15/h2-8,16H,9H2,1H3. The minimum atomic E-state index is -3.24. The Bertz CT molecular complexity index is 710. The van der Waals surface area contributed by atoms with Gasteiger partial charge in [0.2, 0.25) is 0 Å². The van der Waals surface area contributed by atoms with Crippen LogP contribution in [0.25, 0.3) is 0 Å². The first kappa shape index (κ1) is 15.0. The van der Waals surface area contributed by atoms with Crippen molar-refractivity contribution < 1.29 is 17.9 Å². The summed E-state index contributed by atoms with van der Waals surface area (Å²) in [6.45, 7) is -0.248. The summed E-state index contributed by atoms with van der Waals surface area (Å²) in [6, 6.07) is 10.7. The summed E-state index contributed by atoms with van der Waals surface area (Å²) in [5.41, 5.74) is 0.502. The van der Waals surface area contributed by atoms with Gasteiger partial charge in [-0.05, 0) is 35.9 Å². The fourth-order valence-electron chi connectivity index (χ4n) is 1.67. The van der Waals surface area contributed by atoms with Crippen molar-refractivity contribution in [2.45, 2.75) is 21.3 Å². The Balaban J connectivity index is 2.32. The average Bonchev–Trinajstić information content (AvgIpc) is 2.40. The van der Waals surface area contributed by atoms with Crippen LogP contribution in [0.5, 0.6) is 0 Å². The maximum atomic E-state index is 13.8. The molecule has 0 heterocycles. The third-order valence-electron chi connectivity index (χ3n) is 2.69. The topological polar surface area (TPSA) is 54.4 Å². The first-order chi connectivity index (χ1) is 9.41. The summed E-state index contributed by atoms with van der Waals surface area (Å²) < 4.78 is 36.5. The van der Waals surface area contributed by atoms with Gasteiger partial charge in [-0.1, -0.05) is 23.9 Å². The lowest BCUT2D eigenvalue weighted by Gasteiger charge is -2.08. The quantitative estimate of drug-likeness (QED) is 0.943. The maximum Gasteiger partial charge on any atom is 0.175 e. The number of hydrogen-bond acceptors (Lipinski definition) is 4. The number of aliphatic hydroxyl groups is 1. The summed E-state index contributed by atoms with van der Waals surface area (Å²) in [5.74, 6) is -0.409. The molecular weight excluding hydrogens is 299 g/mol. The van der Waals surface area contributed by atoms with E-state index < -0.39 is 15.7 Å². The minimum absolute atomic E-state index is 0.220. The van der Waals surface area contributed by atoms with Crippen molar-refractivity contribution in [2.24, 2.45) is 0 Å². The zero-order chi connectivity index (χ0) is 14.8. The van der Waals surface area contributed by atoms with Crippen molar-refractivity contribution in [3.63, 3.8) is 0 Å². The van der Waals surface area contributed by atoms with Gasteiger partial charge in [0.05, 0.1) is 16.4 Å². The van der Waals surface area contributed by atoms with E-state index in [-0.39, 0.29) is 11.5 Å². The van der Waals surface area contributed by atoms with E-state index in [4.69, 9.17) is 0 Å². The summed E-state index contributed by atoms with van der Waals surface area (Å²) in [4.78, 5) is 1.28. The molecule has 106 valence electrons. The van der Waals surface area contributed by atoms with Crippen molar-refractivity contribution in [3.8, 4) is 0 Å². The number of halogens is 1. The number of hydrogen-bond donors (Lipinski definition) is 1. The van der Waals surface area contributed by atoms with E-state index in [2.05, 4.69) is 0 Å². The average molecular weight is 312 g/mol. The number of sulfone groups is 1. The molecule has 6 heteroatoms. The second kappa shape index (κ2) is 5.95. The first-order valence-electron chi connectivity index (χ1n) is 5.78. The Hall–Kier alpha value is -1.37. The summed E-state index contributed by atoms with van der Waals surface area (Å²) >= 11 is 1.15. The Morgan fingerprint density at radius 3 is 2.35 bits per heavy atom. The van der Waals surface area contributed by atoms with Crippen LogP contribution in [0.2, 0.25) is 0 Å². The molecule has 0 atom stereocenters. The van der Waals surface area contributed by atoms with Crippen molar-refractivity contribution in [2.75, 3.05) is 6.26 Å². The highest BCUT2D eigenvalue weighted by atomic mass is 32.2. The van der Waals surface area contributed by atoms with E-state index in [9.17, 15) is 17.9 Å². The van der Waals surface area contributed by atoms with Gasteiger partial charge in [0.1, 0.15) is 5.82 Å². The van der Waals surface area contributed by atoms with Gasteiger partial charge in [-0.15, -0.1) is 0 Å². The number of benzene rings is 2. The largest absolute Gasteiger partial charge is 0.392 e. The Kier molecular flexibility index (Phi) is 4.47. The molecule has 2 aromatic rings. The molecule has 0 aliphatic rings. The predicted octanol–water partition coefficient (Wildman–Crippen LogP) is 2.87. The second-order valence-electron chi connectivity index (χ2n) is 4.23. The van der Waals surface area contributed by atoms with Crippen molar-refractivity contribution >= 4 is 21.6 Å². The van der Waals surface area contributed by atoms with Crippen LogP contribution in [0.1, 0.15) is 5.56 Å². The molecule has 0 spiro atoms. The molecule has 0 saturated heterocycles. The van der Waals surface area contributed by atoms with Crippen LogP contribution in [-0.4, -0.2) is 19.8 Å². The SMILES string of the molecule is CS(=O)(=O)c1ccc(Sc2c(F)cccc2CO)cc1. The summed E-state index contributed by atoms with van der Waals surface area (Å²) in [5, 5.41) is 9.21. The molecule has 3 nitrogen and oxygen atoms in total. The van der Waals surface area contributed by atoms with Crippen LogP contribution >= 0.6 is 11.8 Å². The predicted molar refractivity (Wildman–Crippen MR) is 76.0 cm³/mol. The Morgan fingerprint density at radius 1 is 1.15 bits per heavy atom. The number of aliphatic hydroxyl groups excluding tert-OH is 1. The zero-order valence-corrected chi connectivity index (χ0v) is 12.3. The molecule has 0 aliphatic heterocycles. The fourth-order valence-corrected chi connectivity index (χ4v) is 3.23. The molecule has 1 N–H and O–H groups in total. The number of rotatable bonds is 4. The first-order valence-corrected chi connectivity index (χ1v) is 8.49. The molecule has 20 heavy (non-hydrogen) atoms. The van der Waals surface area contributed by atoms with E-state index in [1.165, 1.54) is 24.3 Å². The molecule has 0 amide bonds. The van der Waals surface area contributed by atoms with Crippen LogP contribution in [0.15, 0.2) is 57.2 Å². The smallest absolute Gasteiger partial charge is 0.175 e. The lowest BCUT2D eigenvalue weighted by atomic mass is 10.2. The molecule has 0 aromatic heterocycles. The van der Waals surface area contributed by atoms with E-state index in [0.29, 0.717) is 15.4 Å². The highest BCUT2D eigenvalue weighted by molar-refractivity contribution is 7.99.